The van der Waals surface area contributed by atoms with Crippen molar-refractivity contribution in [2.24, 2.45) is 11.8 Å². The van der Waals surface area contributed by atoms with Crippen LogP contribution < -0.4 is 11.2 Å². The predicted molar refractivity (Wildman–Crippen MR) is 59.5 cm³/mol. The van der Waals surface area contributed by atoms with Crippen molar-refractivity contribution in [3.8, 4) is 0 Å². The van der Waals surface area contributed by atoms with Gasteiger partial charge in [0.2, 0.25) is 5.82 Å². The lowest BCUT2D eigenvalue weighted by atomic mass is 10.2. The maximum atomic E-state index is 13.4. The van der Waals surface area contributed by atoms with E-state index in [2.05, 4.69) is 0 Å². The maximum absolute atomic E-state index is 13.4. The van der Waals surface area contributed by atoms with E-state index in [0.717, 1.165) is 4.57 Å². The van der Waals surface area contributed by atoms with Gasteiger partial charge in [-0.3, -0.25) is 14.3 Å². The Labute approximate surface area is 105 Å². The van der Waals surface area contributed by atoms with Gasteiger partial charge in [0, 0.05) is 25.0 Å². The molecule has 0 unspecified atom stereocenters. The molecule has 0 aliphatic heterocycles. The van der Waals surface area contributed by atoms with Crippen molar-refractivity contribution in [3.05, 3.63) is 32.9 Å². The molecule has 0 radical (unpaired) electrons. The van der Waals surface area contributed by atoms with Crippen molar-refractivity contribution >= 4 is 0 Å². The van der Waals surface area contributed by atoms with Gasteiger partial charge in [0.15, 0.2) is 0 Å². The minimum atomic E-state index is -2.92. The van der Waals surface area contributed by atoms with Crippen molar-refractivity contribution in [3.63, 3.8) is 0 Å². The number of alkyl halides is 2. The summed E-state index contributed by atoms with van der Waals surface area (Å²) in [4.78, 5) is 23.9. The summed E-state index contributed by atoms with van der Waals surface area (Å²) in [7, 11) is 0. The molecule has 1 fully saturated rings. The van der Waals surface area contributed by atoms with Gasteiger partial charge in [0.25, 0.3) is 11.5 Å². The summed E-state index contributed by atoms with van der Waals surface area (Å²) in [6.07, 6.45) is 1.04. The molecule has 2 atom stereocenters. The predicted octanol–water partition coefficient (Wildman–Crippen LogP) is 0.329. The molecule has 0 saturated heterocycles. The van der Waals surface area contributed by atoms with E-state index in [-0.39, 0.29) is 26.0 Å². The summed E-state index contributed by atoms with van der Waals surface area (Å²) in [6, 6.07) is 0. The quantitative estimate of drug-likeness (QED) is 0.815. The molecule has 0 bridgehead atoms. The van der Waals surface area contributed by atoms with Crippen LogP contribution in [0.1, 0.15) is 12.8 Å². The highest BCUT2D eigenvalue weighted by Gasteiger charge is 2.67. The molecule has 1 saturated carbocycles. The molecule has 8 heteroatoms. The summed E-state index contributed by atoms with van der Waals surface area (Å²) in [6.45, 7) is -0.526. The fraction of sp³-hybridized carbons (Fsp3) is 0.636. The monoisotopic (exact) mass is 278 g/mol. The molecule has 1 aromatic rings. The average molecular weight is 278 g/mol. The standard InChI is InChI=1S/C11H13F3N2O3/c12-8-5-16(10(19)15-9(8)18)4-7-6(2-1-3-17)11(7,13)14/h5-7,17H,1-4H2,(H,15,18,19)/t6-,7-/m0/s1. The number of hydrogen-bond acceptors (Lipinski definition) is 3. The Morgan fingerprint density at radius 1 is 1.37 bits per heavy atom. The van der Waals surface area contributed by atoms with Crippen LogP contribution in [0, 0.1) is 17.7 Å². The molecule has 19 heavy (non-hydrogen) atoms. The molecular weight excluding hydrogens is 265 g/mol. The van der Waals surface area contributed by atoms with Crippen LogP contribution in [0.2, 0.25) is 0 Å². The van der Waals surface area contributed by atoms with E-state index < -0.39 is 34.8 Å². The van der Waals surface area contributed by atoms with Gasteiger partial charge in [-0.05, 0) is 12.8 Å². The molecule has 1 heterocycles. The number of halogens is 3. The van der Waals surface area contributed by atoms with Crippen molar-refractivity contribution in [1.82, 2.24) is 9.55 Å². The Bertz CT molecular complexity index is 581. The first-order valence-corrected chi connectivity index (χ1v) is 5.86. The van der Waals surface area contributed by atoms with Crippen LogP contribution >= 0.6 is 0 Å². The van der Waals surface area contributed by atoms with Crippen molar-refractivity contribution in [1.29, 1.82) is 0 Å². The third-order valence-corrected chi connectivity index (χ3v) is 3.40. The van der Waals surface area contributed by atoms with Crippen LogP contribution in [0.5, 0.6) is 0 Å². The van der Waals surface area contributed by atoms with Gasteiger partial charge >= 0.3 is 5.69 Å². The second-order valence-corrected chi connectivity index (χ2v) is 4.64. The summed E-state index contributed by atoms with van der Waals surface area (Å²) in [5.41, 5.74) is -2.07. The van der Waals surface area contributed by atoms with Crippen LogP contribution in [-0.2, 0) is 6.54 Å². The summed E-state index contributed by atoms with van der Waals surface area (Å²) >= 11 is 0. The first-order chi connectivity index (χ1) is 8.87. The van der Waals surface area contributed by atoms with E-state index in [0.29, 0.717) is 6.20 Å². The summed E-state index contributed by atoms with van der Waals surface area (Å²) < 4.78 is 40.6. The van der Waals surface area contributed by atoms with Crippen molar-refractivity contribution < 1.29 is 18.3 Å². The molecular formula is C11H13F3N2O3. The minimum Gasteiger partial charge on any atom is -0.396 e. The van der Waals surface area contributed by atoms with E-state index in [1.54, 1.807) is 4.98 Å². The second-order valence-electron chi connectivity index (χ2n) is 4.64. The van der Waals surface area contributed by atoms with Crippen LogP contribution in [-0.4, -0.2) is 27.2 Å². The zero-order valence-corrected chi connectivity index (χ0v) is 9.91. The van der Waals surface area contributed by atoms with Crippen LogP contribution in [0.3, 0.4) is 0 Å². The number of aromatic nitrogens is 2. The first kappa shape index (κ1) is 13.9. The van der Waals surface area contributed by atoms with E-state index in [1.165, 1.54) is 0 Å². The molecule has 1 aliphatic rings. The molecule has 106 valence electrons. The van der Waals surface area contributed by atoms with E-state index >= 15 is 0 Å². The number of nitrogens with zero attached hydrogens (tertiary/aromatic N) is 1. The zero-order valence-electron chi connectivity index (χ0n) is 9.91. The van der Waals surface area contributed by atoms with E-state index in [9.17, 15) is 22.8 Å². The fourth-order valence-corrected chi connectivity index (χ4v) is 2.24. The van der Waals surface area contributed by atoms with Gasteiger partial charge in [0.1, 0.15) is 0 Å². The topological polar surface area (TPSA) is 75.1 Å². The highest BCUT2D eigenvalue weighted by molar-refractivity contribution is 5.05. The molecule has 2 rings (SSSR count). The largest absolute Gasteiger partial charge is 0.396 e. The Hall–Kier alpha value is -1.57. The molecule has 0 amide bonds. The lowest BCUT2D eigenvalue weighted by Crippen LogP contribution is -2.32. The number of aliphatic hydroxyl groups is 1. The van der Waals surface area contributed by atoms with Crippen LogP contribution in [0.25, 0.3) is 0 Å². The summed E-state index contributed by atoms with van der Waals surface area (Å²) in [5, 5.41) is 8.61. The van der Waals surface area contributed by atoms with Crippen molar-refractivity contribution in [2.75, 3.05) is 6.61 Å². The van der Waals surface area contributed by atoms with Crippen LogP contribution in [0.4, 0.5) is 13.2 Å². The van der Waals surface area contributed by atoms with Gasteiger partial charge in [-0.15, -0.1) is 0 Å². The average Bonchev–Trinajstić information content (AvgIpc) is 2.84. The van der Waals surface area contributed by atoms with Gasteiger partial charge < -0.3 is 5.11 Å². The number of rotatable bonds is 5. The molecule has 5 nitrogen and oxygen atoms in total. The van der Waals surface area contributed by atoms with Crippen LogP contribution in [0.15, 0.2) is 15.8 Å². The highest BCUT2D eigenvalue weighted by Crippen LogP contribution is 2.58. The van der Waals surface area contributed by atoms with Gasteiger partial charge in [-0.2, -0.15) is 4.39 Å². The second kappa shape index (κ2) is 4.84. The normalized spacial score (nSPS) is 24.4. The molecule has 0 spiro atoms. The van der Waals surface area contributed by atoms with Gasteiger partial charge in [0.05, 0.1) is 6.20 Å². The van der Waals surface area contributed by atoms with Crippen molar-refractivity contribution in [2.45, 2.75) is 25.3 Å². The Kier molecular flexibility index (Phi) is 3.53. The molecule has 0 aromatic carbocycles. The third kappa shape index (κ3) is 2.58. The fourth-order valence-electron chi connectivity index (χ4n) is 2.24. The highest BCUT2D eigenvalue weighted by atomic mass is 19.3. The number of nitrogens with one attached hydrogen (secondary N) is 1. The molecule has 1 aliphatic carbocycles. The summed E-state index contributed by atoms with van der Waals surface area (Å²) in [5.74, 6) is -6.08. The first-order valence-electron chi connectivity index (χ1n) is 5.86. The molecule has 2 N–H and O–H groups in total. The van der Waals surface area contributed by atoms with Gasteiger partial charge in [-0.1, -0.05) is 0 Å². The Morgan fingerprint density at radius 2 is 2.05 bits per heavy atom. The minimum absolute atomic E-state index is 0.148. The number of aliphatic hydroxyl groups excluding tert-OH is 1. The molecule has 1 aromatic heterocycles. The number of H-pyrrole nitrogens is 1. The number of hydrogen-bond donors (Lipinski definition) is 2. The number of aromatic amines is 1. The smallest absolute Gasteiger partial charge is 0.328 e. The SMILES string of the molecule is O=c1[nH]c(=O)n(C[C@H]2[C@H](CCCO)C2(F)F)cc1F. The van der Waals surface area contributed by atoms with E-state index in [1.807, 2.05) is 0 Å². The van der Waals surface area contributed by atoms with Gasteiger partial charge in [-0.25, -0.2) is 13.6 Å². The third-order valence-electron chi connectivity index (χ3n) is 3.40. The maximum Gasteiger partial charge on any atom is 0.328 e. The lowest BCUT2D eigenvalue weighted by molar-refractivity contribution is 0.0786. The Balaban J connectivity index is 2.13. The Morgan fingerprint density at radius 3 is 2.68 bits per heavy atom. The van der Waals surface area contributed by atoms with E-state index in [4.69, 9.17) is 5.11 Å². The lowest BCUT2D eigenvalue weighted by Gasteiger charge is -2.03. The zero-order chi connectivity index (χ0) is 14.2.